The van der Waals surface area contributed by atoms with Crippen LogP contribution in [0.2, 0.25) is 0 Å². The Bertz CT molecular complexity index is 590. The van der Waals surface area contributed by atoms with Gasteiger partial charge < -0.3 is 10.6 Å². The van der Waals surface area contributed by atoms with Crippen molar-refractivity contribution in [3.8, 4) is 0 Å². The number of amides is 1. The van der Waals surface area contributed by atoms with Crippen LogP contribution < -0.4 is 10.6 Å². The number of unbranched alkanes of at least 4 members (excludes halogenated alkanes) is 11. The Morgan fingerprint density at radius 2 is 1.43 bits per heavy atom. The van der Waals surface area contributed by atoms with Crippen LogP contribution in [0.3, 0.4) is 0 Å². The Morgan fingerprint density at radius 1 is 0.900 bits per heavy atom. The third-order valence-electron chi connectivity index (χ3n) is 5.22. The second-order valence-corrected chi connectivity index (χ2v) is 10.6. The summed E-state index contributed by atoms with van der Waals surface area (Å²) in [7, 11) is 0. The number of benzene rings is 1. The minimum Gasteiger partial charge on any atom is -0.362 e. The molecule has 0 bridgehead atoms. The summed E-state index contributed by atoms with van der Waals surface area (Å²) in [5.74, 6) is -0.0986. The molecular formula is C24H39Cl3N2O. The lowest BCUT2D eigenvalue weighted by Gasteiger charge is -2.27. The predicted molar refractivity (Wildman–Crippen MR) is 133 cm³/mol. The van der Waals surface area contributed by atoms with Gasteiger partial charge in [0.15, 0.2) is 0 Å². The van der Waals surface area contributed by atoms with Crippen molar-refractivity contribution in [2.75, 3.05) is 5.32 Å². The van der Waals surface area contributed by atoms with Crippen LogP contribution in [0.5, 0.6) is 0 Å². The van der Waals surface area contributed by atoms with Gasteiger partial charge in [-0.3, -0.25) is 4.79 Å². The maximum Gasteiger partial charge on any atom is 0.228 e. The highest BCUT2D eigenvalue weighted by Crippen LogP contribution is 2.31. The van der Waals surface area contributed by atoms with E-state index in [1.807, 2.05) is 31.2 Å². The van der Waals surface area contributed by atoms with E-state index < -0.39 is 9.96 Å². The molecule has 1 aromatic rings. The first-order valence-electron chi connectivity index (χ1n) is 11.5. The summed E-state index contributed by atoms with van der Waals surface area (Å²) >= 11 is 18.2. The second kappa shape index (κ2) is 16.1. The van der Waals surface area contributed by atoms with Gasteiger partial charge in [-0.2, -0.15) is 0 Å². The molecule has 0 aliphatic heterocycles. The van der Waals surface area contributed by atoms with E-state index >= 15 is 0 Å². The summed E-state index contributed by atoms with van der Waals surface area (Å²) < 4.78 is -1.64. The van der Waals surface area contributed by atoms with Crippen molar-refractivity contribution in [2.45, 2.75) is 107 Å². The SMILES string of the molecule is CCCCCCCCCCCCCCC(=O)N[C@H](Nc1cccc(C)c1)C(Cl)(Cl)Cl. The molecule has 0 unspecified atom stereocenters. The third-order valence-corrected chi connectivity index (χ3v) is 5.87. The topological polar surface area (TPSA) is 41.1 Å². The molecule has 30 heavy (non-hydrogen) atoms. The van der Waals surface area contributed by atoms with Crippen molar-refractivity contribution in [1.29, 1.82) is 0 Å². The van der Waals surface area contributed by atoms with Gasteiger partial charge in [0, 0.05) is 12.1 Å². The monoisotopic (exact) mass is 476 g/mol. The van der Waals surface area contributed by atoms with E-state index in [4.69, 9.17) is 34.8 Å². The second-order valence-electron chi connectivity index (χ2n) is 8.20. The van der Waals surface area contributed by atoms with Crippen LogP contribution in [0.1, 0.15) is 96.0 Å². The fourth-order valence-corrected chi connectivity index (χ4v) is 3.79. The smallest absolute Gasteiger partial charge is 0.228 e. The standard InChI is InChI=1S/C24H39Cl3N2O/c1-3-4-5-6-7-8-9-10-11-12-13-14-18-22(30)29-23(24(25,26)27)28-21-17-15-16-20(2)19-21/h15-17,19,23,28H,3-14,18H2,1-2H3,(H,29,30)/t23-/m0/s1. The first-order chi connectivity index (χ1) is 14.3. The highest BCUT2D eigenvalue weighted by molar-refractivity contribution is 6.68. The van der Waals surface area contributed by atoms with Gasteiger partial charge in [0.05, 0.1) is 0 Å². The van der Waals surface area contributed by atoms with E-state index in [1.165, 1.54) is 64.2 Å². The largest absolute Gasteiger partial charge is 0.362 e. The summed E-state index contributed by atoms with van der Waals surface area (Å²) in [6, 6.07) is 7.73. The van der Waals surface area contributed by atoms with Gasteiger partial charge in [0.1, 0.15) is 6.17 Å². The zero-order valence-corrected chi connectivity index (χ0v) is 20.9. The van der Waals surface area contributed by atoms with Gasteiger partial charge in [-0.25, -0.2) is 0 Å². The minimum atomic E-state index is -1.64. The predicted octanol–water partition coefficient (Wildman–Crippen LogP) is 8.31. The van der Waals surface area contributed by atoms with E-state index in [2.05, 4.69) is 17.6 Å². The Kier molecular flexibility index (Phi) is 14.7. The molecule has 6 heteroatoms. The quantitative estimate of drug-likeness (QED) is 0.143. The number of hydrogen-bond acceptors (Lipinski definition) is 2. The van der Waals surface area contributed by atoms with Gasteiger partial charge in [-0.05, 0) is 31.0 Å². The molecule has 0 spiro atoms. The number of carbonyl (C=O) groups excluding carboxylic acids is 1. The third kappa shape index (κ3) is 13.6. The minimum absolute atomic E-state index is 0.0986. The molecule has 1 amide bonds. The molecule has 1 aromatic carbocycles. The molecule has 0 aromatic heterocycles. The van der Waals surface area contributed by atoms with E-state index in [0.29, 0.717) is 6.42 Å². The van der Waals surface area contributed by atoms with Crippen molar-refractivity contribution < 1.29 is 4.79 Å². The average Bonchev–Trinajstić information content (AvgIpc) is 2.67. The molecule has 1 atom stereocenters. The molecule has 0 radical (unpaired) electrons. The average molecular weight is 478 g/mol. The van der Waals surface area contributed by atoms with Gasteiger partial charge in [0.2, 0.25) is 9.70 Å². The summed E-state index contributed by atoms with van der Waals surface area (Å²) in [6.07, 6.45) is 14.9. The number of hydrogen-bond donors (Lipinski definition) is 2. The number of alkyl halides is 3. The van der Waals surface area contributed by atoms with Crippen LogP contribution in [0.15, 0.2) is 24.3 Å². The molecular weight excluding hydrogens is 439 g/mol. The van der Waals surface area contributed by atoms with E-state index in [1.54, 1.807) is 0 Å². The van der Waals surface area contributed by atoms with Crippen molar-refractivity contribution in [2.24, 2.45) is 0 Å². The van der Waals surface area contributed by atoms with Gasteiger partial charge in [0.25, 0.3) is 0 Å². The van der Waals surface area contributed by atoms with Gasteiger partial charge >= 0.3 is 0 Å². The molecule has 2 N–H and O–H groups in total. The lowest BCUT2D eigenvalue weighted by atomic mass is 10.0. The number of halogens is 3. The molecule has 0 saturated heterocycles. The summed E-state index contributed by atoms with van der Waals surface area (Å²) in [4.78, 5) is 12.3. The Balaban J connectivity index is 2.16. The molecule has 3 nitrogen and oxygen atoms in total. The van der Waals surface area contributed by atoms with Crippen LogP contribution in [0, 0.1) is 6.92 Å². The number of nitrogens with one attached hydrogen (secondary N) is 2. The number of anilines is 1. The number of rotatable bonds is 16. The van der Waals surface area contributed by atoms with Crippen molar-refractivity contribution in [1.82, 2.24) is 5.32 Å². The van der Waals surface area contributed by atoms with Crippen LogP contribution in [-0.2, 0) is 4.79 Å². The number of aryl methyl sites for hydroxylation is 1. The molecule has 0 heterocycles. The molecule has 0 aliphatic carbocycles. The fraction of sp³-hybridized carbons (Fsp3) is 0.708. The van der Waals surface area contributed by atoms with Crippen LogP contribution in [-0.4, -0.2) is 15.9 Å². The first-order valence-corrected chi connectivity index (χ1v) is 12.7. The molecule has 1 rings (SSSR count). The molecule has 0 fully saturated rings. The van der Waals surface area contributed by atoms with Crippen LogP contribution in [0.4, 0.5) is 5.69 Å². The van der Waals surface area contributed by atoms with Crippen molar-refractivity contribution in [3.05, 3.63) is 29.8 Å². The Hall–Kier alpha value is -0.640. The zero-order chi connectivity index (χ0) is 22.2. The van der Waals surface area contributed by atoms with E-state index in [9.17, 15) is 4.79 Å². The van der Waals surface area contributed by atoms with E-state index in [0.717, 1.165) is 24.1 Å². The van der Waals surface area contributed by atoms with Crippen molar-refractivity contribution in [3.63, 3.8) is 0 Å². The molecule has 172 valence electrons. The summed E-state index contributed by atoms with van der Waals surface area (Å²) in [5.41, 5.74) is 1.89. The zero-order valence-electron chi connectivity index (χ0n) is 18.6. The number of carbonyl (C=O) groups is 1. The van der Waals surface area contributed by atoms with E-state index in [-0.39, 0.29) is 5.91 Å². The summed E-state index contributed by atoms with van der Waals surface area (Å²) in [6.45, 7) is 4.24. The first kappa shape index (κ1) is 27.4. The maximum atomic E-state index is 12.3. The summed E-state index contributed by atoms with van der Waals surface area (Å²) in [5, 5.41) is 5.93. The highest BCUT2D eigenvalue weighted by Gasteiger charge is 2.33. The highest BCUT2D eigenvalue weighted by atomic mass is 35.6. The lowest BCUT2D eigenvalue weighted by molar-refractivity contribution is -0.121. The normalized spacial score (nSPS) is 12.6. The Morgan fingerprint density at radius 3 is 1.93 bits per heavy atom. The maximum absolute atomic E-state index is 12.3. The van der Waals surface area contributed by atoms with Crippen LogP contribution >= 0.6 is 34.8 Å². The van der Waals surface area contributed by atoms with Gasteiger partial charge in [-0.1, -0.05) is 124 Å². The lowest BCUT2D eigenvalue weighted by Crippen LogP contribution is -2.49. The van der Waals surface area contributed by atoms with Gasteiger partial charge in [-0.15, -0.1) is 0 Å². The van der Waals surface area contributed by atoms with Crippen LogP contribution in [0.25, 0.3) is 0 Å². The fourth-order valence-electron chi connectivity index (χ4n) is 3.46. The Labute approximate surface area is 198 Å². The molecule has 0 aliphatic rings. The molecule has 0 saturated carbocycles. The van der Waals surface area contributed by atoms with Crippen molar-refractivity contribution >= 4 is 46.4 Å².